The Kier molecular flexibility index (Phi) is 5.75. The fourth-order valence-electron chi connectivity index (χ4n) is 4.30. The van der Waals surface area contributed by atoms with Gasteiger partial charge >= 0.3 is 5.97 Å². The minimum Gasteiger partial charge on any atom is -0.497 e. The molecule has 0 aromatic heterocycles. The number of carbonyl (C=O) groups excluding carboxylic acids is 1. The highest BCUT2D eigenvalue weighted by Gasteiger charge is 2.42. The summed E-state index contributed by atoms with van der Waals surface area (Å²) in [6.45, 7) is 5.71. The molecule has 2 fully saturated rings. The molecule has 6 nitrogen and oxygen atoms in total. The summed E-state index contributed by atoms with van der Waals surface area (Å²) in [5, 5.41) is 9.37. The van der Waals surface area contributed by atoms with Crippen molar-refractivity contribution in [3.8, 4) is 5.75 Å². The Morgan fingerprint density at radius 1 is 1.15 bits per heavy atom. The lowest BCUT2D eigenvalue weighted by Crippen LogP contribution is -2.49. The van der Waals surface area contributed by atoms with Gasteiger partial charge in [0.2, 0.25) is 5.91 Å². The molecule has 2 aliphatic heterocycles. The molecule has 148 valence electrons. The number of carboxylic acid groups (broad SMARTS) is 1. The largest absolute Gasteiger partial charge is 0.497 e. The second-order valence-corrected chi connectivity index (χ2v) is 8.05. The summed E-state index contributed by atoms with van der Waals surface area (Å²) < 4.78 is 10.9. The van der Waals surface area contributed by atoms with Crippen molar-refractivity contribution in [1.29, 1.82) is 0 Å². The lowest BCUT2D eigenvalue weighted by Gasteiger charge is -2.39. The average molecular weight is 375 g/mol. The summed E-state index contributed by atoms with van der Waals surface area (Å²) >= 11 is 0. The van der Waals surface area contributed by atoms with E-state index in [-0.39, 0.29) is 17.9 Å². The molecular weight excluding hydrogens is 346 g/mol. The molecule has 1 aromatic rings. The molecule has 0 radical (unpaired) electrons. The molecule has 0 saturated carbocycles. The van der Waals surface area contributed by atoms with Gasteiger partial charge in [0, 0.05) is 19.7 Å². The van der Waals surface area contributed by atoms with Crippen LogP contribution in [-0.4, -0.2) is 54.8 Å². The summed E-state index contributed by atoms with van der Waals surface area (Å²) in [7, 11) is 1.62. The number of amides is 1. The van der Waals surface area contributed by atoms with E-state index < -0.39 is 17.3 Å². The fraction of sp³-hybridized carbons (Fsp3) is 0.619. The van der Waals surface area contributed by atoms with Crippen molar-refractivity contribution in [2.24, 2.45) is 11.8 Å². The average Bonchev–Trinajstić information content (AvgIpc) is 3.18. The molecule has 2 aliphatic rings. The van der Waals surface area contributed by atoms with Gasteiger partial charge in [-0.3, -0.25) is 9.59 Å². The van der Waals surface area contributed by atoms with Crippen molar-refractivity contribution in [3.63, 3.8) is 0 Å². The van der Waals surface area contributed by atoms with Gasteiger partial charge in [-0.15, -0.1) is 0 Å². The number of piperidine rings is 1. The van der Waals surface area contributed by atoms with Gasteiger partial charge in [-0.1, -0.05) is 12.1 Å². The second kappa shape index (κ2) is 7.89. The number of methoxy groups -OCH3 is 1. The van der Waals surface area contributed by atoms with Gasteiger partial charge in [-0.25, -0.2) is 0 Å². The SMILES string of the molecule is COc1ccc(C(C)(C)C(=O)N2CCC([C@@H]3OCCC3C(=O)O)CC2)cc1. The van der Waals surface area contributed by atoms with E-state index in [0.29, 0.717) is 26.1 Å². The maximum Gasteiger partial charge on any atom is 0.309 e. The highest BCUT2D eigenvalue weighted by atomic mass is 16.5. The van der Waals surface area contributed by atoms with E-state index in [9.17, 15) is 14.7 Å². The summed E-state index contributed by atoms with van der Waals surface area (Å²) in [4.78, 5) is 26.5. The van der Waals surface area contributed by atoms with E-state index in [1.807, 2.05) is 43.0 Å². The first-order chi connectivity index (χ1) is 12.8. The lowest BCUT2D eigenvalue weighted by atomic mass is 9.80. The Balaban J connectivity index is 1.62. The van der Waals surface area contributed by atoms with Gasteiger partial charge in [0.05, 0.1) is 24.5 Å². The number of benzene rings is 1. The van der Waals surface area contributed by atoms with Crippen LogP contribution in [0.3, 0.4) is 0 Å². The van der Waals surface area contributed by atoms with Crippen LogP contribution in [0.1, 0.15) is 38.7 Å². The molecule has 2 heterocycles. The number of aliphatic carboxylic acids is 1. The van der Waals surface area contributed by atoms with Crippen molar-refractivity contribution in [2.75, 3.05) is 26.8 Å². The highest BCUT2D eigenvalue weighted by Crippen LogP contribution is 2.35. The Morgan fingerprint density at radius 2 is 1.78 bits per heavy atom. The summed E-state index contributed by atoms with van der Waals surface area (Å²) in [5.41, 5.74) is 0.340. The zero-order valence-corrected chi connectivity index (χ0v) is 16.3. The minimum absolute atomic E-state index is 0.105. The Hall–Kier alpha value is -2.08. The predicted molar refractivity (Wildman–Crippen MR) is 101 cm³/mol. The van der Waals surface area contributed by atoms with Crippen LogP contribution in [0.15, 0.2) is 24.3 Å². The Bertz CT molecular complexity index is 676. The normalized spacial score (nSPS) is 24.0. The number of carbonyl (C=O) groups is 2. The van der Waals surface area contributed by atoms with Crippen LogP contribution in [0.2, 0.25) is 0 Å². The number of hydrogen-bond acceptors (Lipinski definition) is 4. The Labute approximate surface area is 160 Å². The number of hydrogen-bond donors (Lipinski definition) is 1. The van der Waals surface area contributed by atoms with E-state index >= 15 is 0 Å². The standard InChI is InChI=1S/C21H29NO5/c1-21(2,15-4-6-16(26-3)7-5-15)20(25)22-11-8-14(9-12-22)18-17(19(23)24)10-13-27-18/h4-7,14,17-18H,8-13H2,1-3H3,(H,23,24)/t17?,18-/m0/s1. The van der Waals surface area contributed by atoms with E-state index in [2.05, 4.69) is 0 Å². The van der Waals surface area contributed by atoms with Crippen LogP contribution >= 0.6 is 0 Å². The van der Waals surface area contributed by atoms with E-state index in [0.717, 1.165) is 24.2 Å². The minimum atomic E-state index is -0.767. The van der Waals surface area contributed by atoms with E-state index in [1.165, 1.54) is 0 Å². The number of rotatable bonds is 5. The quantitative estimate of drug-likeness (QED) is 0.856. The summed E-state index contributed by atoms with van der Waals surface area (Å²) in [6.07, 6.45) is 1.95. The Morgan fingerprint density at radius 3 is 2.33 bits per heavy atom. The van der Waals surface area contributed by atoms with Gasteiger partial charge in [0.1, 0.15) is 5.75 Å². The zero-order chi connectivity index (χ0) is 19.6. The molecule has 27 heavy (non-hydrogen) atoms. The first-order valence-electron chi connectivity index (χ1n) is 9.63. The van der Waals surface area contributed by atoms with Crippen molar-refractivity contribution in [2.45, 2.75) is 44.6 Å². The third kappa shape index (κ3) is 3.95. The third-order valence-electron chi connectivity index (χ3n) is 6.09. The van der Waals surface area contributed by atoms with Crippen LogP contribution in [0.4, 0.5) is 0 Å². The highest BCUT2D eigenvalue weighted by molar-refractivity contribution is 5.87. The summed E-state index contributed by atoms with van der Waals surface area (Å²) in [5.74, 6) is -0.0908. The molecule has 0 aliphatic carbocycles. The van der Waals surface area contributed by atoms with Crippen molar-refractivity contribution in [1.82, 2.24) is 4.90 Å². The maximum atomic E-state index is 13.1. The molecule has 1 amide bonds. The van der Waals surface area contributed by atoms with Gasteiger partial charge < -0.3 is 19.5 Å². The van der Waals surface area contributed by atoms with Gasteiger partial charge in [-0.05, 0) is 56.7 Å². The number of ether oxygens (including phenoxy) is 2. The van der Waals surface area contributed by atoms with Gasteiger partial charge in [0.15, 0.2) is 0 Å². The molecule has 1 aromatic carbocycles. The van der Waals surface area contributed by atoms with Crippen LogP contribution in [-0.2, 0) is 19.7 Å². The third-order valence-corrected chi connectivity index (χ3v) is 6.09. The number of nitrogens with zero attached hydrogens (tertiary/aromatic N) is 1. The monoisotopic (exact) mass is 375 g/mol. The molecule has 0 spiro atoms. The smallest absolute Gasteiger partial charge is 0.309 e. The molecule has 1 unspecified atom stereocenters. The van der Waals surface area contributed by atoms with E-state index in [1.54, 1.807) is 7.11 Å². The predicted octanol–water partition coefficient (Wildman–Crippen LogP) is 2.70. The molecular formula is C21H29NO5. The van der Waals surface area contributed by atoms with Crippen molar-refractivity contribution >= 4 is 11.9 Å². The van der Waals surface area contributed by atoms with Gasteiger partial charge in [-0.2, -0.15) is 0 Å². The molecule has 0 bridgehead atoms. The van der Waals surface area contributed by atoms with E-state index in [4.69, 9.17) is 9.47 Å². The van der Waals surface area contributed by atoms with Crippen LogP contribution in [0, 0.1) is 11.8 Å². The lowest BCUT2D eigenvalue weighted by molar-refractivity contribution is -0.146. The molecule has 2 atom stereocenters. The van der Waals surface area contributed by atoms with Crippen LogP contribution in [0.25, 0.3) is 0 Å². The van der Waals surface area contributed by atoms with Crippen molar-refractivity contribution in [3.05, 3.63) is 29.8 Å². The summed E-state index contributed by atoms with van der Waals surface area (Å²) in [6, 6.07) is 7.63. The van der Waals surface area contributed by atoms with Crippen LogP contribution < -0.4 is 4.74 Å². The van der Waals surface area contributed by atoms with Crippen molar-refractivity contribution < 1.29 is 24.2 Å². The molecule has 3 rings (SSSR count). The fourth-order valence-corrected chi connectivity index (χ4v) is 4.30. The van der Waals surface area contributed by atoms with Crippen LogP contribution in [0.5, 0.6) is 5.75 Å². The first kappa shape index (κ1) is 19.7. The zero-order valence-electron chi connectivity index (χ0n) is 16.3. The molecule has 6 heteroatoms. The number of carboxylic acids is 1. The topological polar surface area (TPSA) is 76.1 Å². The maximum absolute atomic E-state index is 13.1. The molecule has 1 N–H and O–H groups in total. The number of likely N-dealkylation sites (tertiary alicyclic amines) is 1. The first-order valence-corrected chi connectivity index (χ1v) is 9.63. The second-order valence-electron chi connectivity index (χ2n) is 8.05. The van der Waals surface area contributed by atoms with Gasteiger partial charge in [0.25, 0.3) is 0 Å². The molecule has 2 saturated heterocycles.